The van der Waals surface area contributed by atoms with E-state index in [0.717, 1.165) is 4.47 Å². The summed E-state index contributed by atoms with van der Waals surface area (Å²) in [5.74, 6) is 0. The highest BCUT2D eigenvalue weighted by Gasteiger charge is 2.16. The Hall–Kier alpha value is -0.680. The molecule has 0 spiro atoms. The van der Waals surface area contributed by atoms with E-state index >= 15 is 0 Å². The van der Waals surface area contributed by atoms with Crippen LogP contribution in [0.4, 0.5) is 10.5 Å². The molecule has 0 saturated carbocycles. The Labute approximate surface area is 109 Å². The van der Waals surface area contributed by atoms with Gasteiger partial charge >= 0.3 is 6.09 Å². The smallest absolute Gasteiger partial charge is 0.412 e. The fourth-order valence-electron chi connectivity index (χ4n) is 1.02. The summed E-state index contributed by atoms with van der Waals surface area (Å²) < 4.78 is 6.01. The van der Waals surface area contributed by atoms with E-state index in [-0.39, 0.29) is 0 Å². The Bertz CT molecular complexity index is 401. The van der Waals surface area contributed by atoms with Gasteiger partial charge in [-0.15, -0.1) is 12.6 Å². The summed E-state index contributed by atoms with van der Waals surface area (Å²) >= 11 is 7.56. The van der Waals surface area contributed by atoms with Crippen LogP contribution in [0.2, 0.25) is 0 Å². The normalized spacial score (nSPS) is 11.1. The number of rotatable bonds is 1. The topological polar surface area (TPSA) is 38.3 Å². The number of carbonyl (C=O) groups excluding carboxylic acids is 1. The first-order valence-corrected chi connectivity index (χ1v) is 6.00. The van der Waals surface area contributed by atoms with Crippen LogP contribution in [-0.4, -0.2) is 11.7 Å². The minimum atomic E-state index is -0.507. The number of hydrogen-bond donors (Lipinski definition) is 2. The fraction of sp³-hybridized carbons (Fsp3) is 0.364. The first-order chi connectivity index (χ1) is 7.28. The average Bonchev–Trinajstić information content (AvgIpc) is 2.08. The third kappa shape index (κ3) is 4.45. The monoisotopic (exact) mass is 303 g/mol. The van der Waals surface area contributed by atoms with Crippen LogP contribution in [0.25, 0.3) is 0 Å². The lowest BCUT2D eigenvalue weighted by atomic mass is 10.2. The van der Waals surface area contributed by atoms with E-state index in [0.29, 0.717) is 10.6 Å². The second-order valence-corrected chi connectivity index (χ2v) is 5.69. The summed E-state index contributed by atoms with van der Waals surface area (Å²) in [5, 5.41) is 2.64. The molecule has 0 radical (unpaired) electrons. The molecule has 0 aliphatic heterocycles. The molecular formula is C11H14BrNO2S. The van der Waals surface area contributed by atoms with Crippen molar-refractivity contribution < 1.29 is 9.53 Å². The Balaban J connectivity index is 2.73. The fourth-order valence-corrected chi connectivity index (χ4v) is 1.58. The lowest BCUT2D eigenvalue weighted by Crippen LogP contribution is -2.27. The van der Waals surface area contributed by atoms with E-state index in [1.165, 1.54) is 0 Å². The predicted octanol–water partition coefficient (Wildman–Crippen LogP) is 4.08. The van der Waals surface area contributed by atoms with Gasteiger partial charge in [-0.05, 0) is 39.0 Å². The SMILES string of the molecule is CC(C)(C)OC(=O)Nc1cc(Br)ccc1S. The molecule has 0 aromatic heterocycles. The van der Waals surface area contributed by atoms with Crippen LogP contribution in [0.3, 0.4) is 0 Å². The molecule has 0 saturated heterocycles. The summed E-state index contributed by atoms with van der Waals surface area (Å²) in [7, 11) is 0. The molecule has 5 heteroatoms. The number of ether oxygens (including phenoxy) is 1. The number of nitrogens with one attached hydrogen (secondary N) is 1. The molecule has 0 aliphatic carbocycles. The number of anilines is 1. The van der Waals surface area contributed by atoms with Gasteiger partial charge in [0, 0.05) is 9.37 Å². The lowest BCUT2D eigenvalue weighted by molar-refractivity contribution is 0.0635. The standard InChI is InChI=1S/C11H14BrNO2S/c1-11(2,3)15-10(14)13-8-6-7(12)4-5-9(8)16/h4-6,16H,1-3H3,(H,13,14). The van der Waals surface area contributed by atoms with Gasteiger partial charge in [0.15, 0.2) is 0 Å². The maximum atomic E-state index is 11.5. The Morgan fingerprint density at radius 1 is 1.44 bits per heavy atom. The van der Waals surface area contributed by atoms with Crippen molar-refractivity contribution >= 4 is 40.3 Å². The predicted molar refractivity (Wildman–Crippen MR) is 71.3 cm³/mol. The third-order valence-electron chi connectivity index (χ3n) is 1.59. The van der Waals surface area contributed by atoms with Crippen LogP contribution in [0, 0.1) is 0 Å². The summed E-state index contributed by atoms with van der Waals surface area (Å²) in [4.78, 5) is 12.2. The average molecular weight is 304 g/mol. The van der Waals surface area contributed by atoms with E-state index in [4.69, 9.17) is 4.74 Å². The van der Waals surface area contributed by atoms with Gasteiger partial charge in [0.2, 0.25) is 0 Å². The molecule has 0 unspecified atom stereocenters. The van der Waals surface area contributed by atoms with E-state index in [1.807, 2.05) is 26.8 Å². The molecule has 0 bridgehead atoms. The van der Waals surface area contributed by atoms with E-state index < -0.39 is 11.7 Å². The first-order valence-electron chi connectivity index (χ1n) is 4.76. The van der Waals surface area contributed by atoms with Gasteiger partial charge < -0.3 is 4.74 Å². The summed E-state index contributed by atoms with van der Waals surface area (Å²) in [5.41, 5.74) is 0.110. The Kier molecular flexibility index (Phi) is 4.27. The van der Waals surface area contributed by atoms with Gasteiger partial charge in [0.05, 0.1) is 5.69 Å². The highest BCUT2D eigenvalue weighted by Crippen LogP contribution is 2.24. The van der Waals surface area contributed by atoms with Crippen molar-refractivity contribution in [3.05, 3.63) is 22.7 Å². The van der Waals surface area contributed by atoms with Crippen LogP contribution < -0.4 is 5.32 Å². The zero-order valence-electron chi connectivity index (χ0n) is 9.37. The van der Waals surface area contributed by atoms with Gasteiger partial charge in [0.25, 0.3) is 0 Å². The molecule has 1 aromatic carbocycles. The first kappa shape index (κ1) is 13.4. The van der Waals surface area contributed by atoms with Crippen LogP contribution in [-0.2, 0) is 4.74 Å². The van der Waals surface area contributed by atoms with Crippen molar-refractivity contribution in [1.82, 2.24) is 0 Å². The van der Waals surface area contributed by atoms with Gasteiger partial charge in [0.1, 0.15) is 5.60 Å². The van der Waals surface area contributed by atoms with Gasteiger partial charge in [-0.3, -0.25) is 5.32 Å². The second-order valence-electron chi connectivity index (χ2n) is 4.29. The van der Waals surface area contributed by atoms with E-state index in [1.54, 1.807) is 12.1 Å². The Morgan fingerprint density at radius 3 is 2.62 bits per heavy atom. The molecule has 1 amide bonds. The molecule has 0 fully saturated rings. The largest absolute Gasteiger partial charge is 0.444 e. The number of benzene rings is 1. The number of carbonyl (C=O) groups is 1. The van der Waals surface area contributed by atoms with Crippen LogP contribution in [0.15, 0.2) is 27.6 Å². The highest BCUT2D eigenvalue weighted by molar-refractivity contribution is 9.10. The molecule has 0 atom stereocenters. The summed E-state index contributed by atoms with van der Waals surface area (Å²) in [6.45, 7) is 5.44. The molecule has 16 heavy (non-hydrogen) atoms. The molecule has 1 rings (SSSR count). The van der Waals surface area contributed by atoms with Gasteiger partial charge in [-0.2, -0.15) is 0 Å². The highest BCUT2D eigenvalue weighted by atomic mass is 79.9. The number of thiol groups is 1. The maximum absolute atomic E-state index is 11.5. The zero-order valence-corrected chi connectivity index (χ0v) is 11.9. The van der Waals surface area contributed by atoms with Gasteiger partial charge in [-0.25, -0.2) is 4.79 Å². The van der Waals surface area contributed by atoms with Crippen LogP contribution in [0.1, 0.15) is 20.8 Å². The van der Waals surface area contributed by atoms with Crippen molar-refractivity contribution in [2.24, 2.45) is 0 Å². The quantitative estimate of drug-likeness (QED) is 0.767. The molecule has 0 aliphatic rings. The summed E-state index contributed by atoms with van der Waals surface area (Å²) in [6.07, 6.45) is -0.485. The molecule has 88 valence electrons. The van der Waals surface area contributed by atoms with Gasteiger partial charge in [-0.1, -0.05) is 15.9 Å². The van der Waals surface area contributed by atoms with Crippen molar-refractivity contribution in [3.8, 4) is 0 Å². The molecule has 3 nitrogen and oxygen atoms in total. The molecule has 1 N–H and O–H groups in total. The number of amides is 1. The van der Waals surface area contributed by atoms with Crippen LogP contribution in [0.5, 0.6) is 0 Å². The van der Waals surface area contributed by atoms with Crippen molar-refractivity contribution in [3.63, 3.8) is 0 Å². The molecule has 0 heterocycles. The van der Waals surface area contributed by atoms with E-state index in [2.05, 4.69) is 33.9 Å². The second kappa shape index (κ2) is 5.10. The van der Waals surface area contributed by atoms with E-state index in [9.17, 15) is 4.79 Å². The lowest BCUT2D eigenvalue weighted by Gasteiger charge is -2.20. The Morgan fingerprint density at radius 2 is 2.06 bits per heavy atom. The van der Waals surface area contributed by atoms with Crippen LogP contribution >= 0.6 is 28.6 Å². The maximum Gasteiger partial charge on any atom is 0.412 e. The summed E-state index contributed by atoms with van der Waals surface area (Å²) in [6, 6.07) is 5.41. The number of halogens is 1. The number of hydrogen-bond acceptors (Lipinski definition) is 3. The van der Waals surface area contributed by atoms with Crippen molar-refractivity contribution in [2.75, 3.05) is 5.32 Å². The minimum absolute atomic E-state index is 0.485. The third-order valence-corrected chi connectivity index (χ3v) is 2.48. The minimum Gasteiger partial charge on any atom is -0.444 e. The van der Waals surface area contributed by atoms with Crippen molar-refractivity contribution in [2.45, 2.75) is 31.3 Å². The van der Waals surface area contributed by atoms with Crippen molar-refractivity contribution in [1.29, 1.82) is 0 Å². The zero-order chi connectivity index (χ0) is 12.3. The molecular weight excluding hydrogens is 290 g/mol. The molecule has 1 aromatic rings.